The lowest BCUT2D eigenvalue weighted by atomic mass is 10.3. The smallest absolute Gasteiger partial charge is 0.222 e. The zero-order chi connectivity index (χ0) is 11.4. The average Bonchev–Trinajstić information content (AvgIpc) is 2.29. The molecular formula is C11H15N5. The van der Waals surface area contributed by atoms with Gasteiger partial charge < -0.3 is 11.1 Å². The van der Waals surface area contributed by atoms with Crippen LogP contribution < -0.4 is 11.1 Å². The van der Waals surface area contributed by atoms with Crippen molar-refractivity contribution in [2.45, 2.75) is 19.8 Å². The molecule has 3 N–H and O–H groups in total. The number of hydrogen-bond acceptors (Lipinski definition) is 5. The van der Waals surface area contributed by atoms with Crippen LogP contribution in [-0.4, -0.2) is 21.5 Å². The molecule has 0 fully saturated rings. The molecule has 0 saturated carbocycles. The molecule has 5 heteroatoms. The van der Waals surface area contributed by atoms with Gasteiger partial charge in [0.1, 0.15) is 5.52 Å². The predicted octanol–water partition coefficient (Wildman–Crippen LogP) is 1.82. The number of hydrogen-bond donors (Lipinski definition) is 2. The third-order valence-electron chi connectivity index (χ3n) is 2.29. The Balaban J connectivity index is 2.34. The Hall–Kier alpha value is -1.91. The van der Waals surface area contributed by atoms with E-state index >= 15 is 0 Å². The van der Waals surface area contributed by atoms with Crippen molar-refractivity contribution in [2.75, 3.05) is 17.6 Å². The Morgan fingerprint density at radius 1 is 1.38 bits per heavy atom. The summed E-state index contributed by atoms with van der Waals surface area (Å²) in [6, 6.07) is 3.72. The van der Waals surface area contributed by atoms with Gasteiger partial charge >= 0.3 is 0 Å². The lowest BCUT2D eigenvalue weighted by molar-refractivity contribution is 0.831. The first kappa shape index (κ1) is 10.6. The Morgan fingerprint density at radius 2 is 2.25 bits per heavy atom. The van der Waals surface area contributed by atoms with Crippen LogP contribution in [0.1, 0.15) is 19.8 Å². The second-order valence-corrected chi connectivity index (χ2v) is 3.58. The Labute approximate surface area is 94.1 Å². The Morgan fingerprint density at radius 3 is 3.06 bits per heavy atom. The van der Waals surface area contributed by atoms with Gasteiger partial charge in [-0.2, -0.15) is 4.98 Å². The van der Waals surface area contributed by atoms with Crippen LogP contribution in [0, 0.1) is 0 Å². The molecule has 0 aliphatic heterocycles. The van der Waals surface area contributed by atoms with E-state index in [0.29, 0.717) is 0 Å². The summed E-state index contributed by atoms with van der Waals surface area (Å²) in [6.07, 6.45) is 3.96. The second kappa shape index (κ2) is 4.74. The van der Waals surface area contributed by atoms with Gasteiger partial charge in [-0.3, -0.25) is 4.98 Å². The monoisotopic (exact) mass is 217 g/mol. The molecule has 0 amide bonds. The fraction of sp³-hybridized carbons (Fsp3) is 0.364. The number of rotatable bonds is 4. The van der Waals surface area contributed by atoms with Gasteiger partial charge in [0.05, 0.1) is 5.52 Å². The first-order chi connectivity index (χ1) is 7.81. The summed E-state index contributed by atoms with van der Waals surface area (Å²) in [5.74, 6) is 0.996. The van der Waals surface area contributed by atoms with Crippen molar-refractivity contribution >= 4 is 22.8 Å². The van der Waals surface area contributed by atoms with Crippen LogP contribution in [0.15, 0.2) is 18.3 Å². The molecule has 0 aliphatic carbocycles. The quantitative estimate of drug-likeness (QED) is 0.764. The molecule has 2 aromatic heterocycles. The van der Waals surface area contributed by atoms with Crippen LogP contribution in [0.2, 0.25) is 0 Å². The van der Waals surface area contributed by atoms with Crippen molar-refractivity contribution in [1.29, 1.82) is 0 Å². The summed E-state index contributed by atoms with van der Waals surface area (Å²) in [6.45, 7) is 3.02. The van der Waals surface area contributed by atoms with E-state index in [4.69, 9.17) is 5.73 Å². The zero-order valence-electron chi connectivity index (χ0n) is 9.27. The number of nitrogens with two attached hydrogens (primary N) is 1. The maximum atomic E-state index is 5.64. The molecule has 0 atom stereocenters. The standard InChI is InChI=1S/C11H15N5/c1-2-3-6-14-10-9-8(5-4-7-13-9)15-11(12)16-10/h4-5,7H,2-3,6H2,1H3,(H3,12,14,15,16). The van der Waals surface area contributed by atoms with Crippen molar-refractivity contribution in [1.82, 2.24) is 15.0 Å². The molecule has 2 heterocycles. The Kier molecular flexibility index (Phi) is 3.14. The third kappa shape index (κ3) is 2.18. The molecule has 2 rings (SSSR count). The number of fused-ring (bicyclic) bond motifs is 1. The summed E-state index contributed by atoms with van der Waals surface area (Å²) >= 11 is 0. The van der Waals surface area contributed by atoms with Crippen LogP contribution in [0.5, 0.6) is 0 Å². The molecule has 0 aliphatic rings. The summed E-state index contributed by atoms with van der Waals surface area (Å²) in [4.78, 5) is 12.6. The number of aromatic nitrogens is 3. The minimum absolute atomic E-state index is 0.277. The first-order valence-electron chi connectivity index (χ1n) is 5.43. The highest BCUT2D eigenvalue weighted by Crippen LogP contribution is 2.18. The lowest BCUT2D eigenvalue weighted by Gasteiger charge is -2.07. The van der Waals surface area contributed by atoms with Crippen molar-refractivity contribution in [2.24, 2.45) is 0 Å². The molecule has 0 radical (unpaired) electrons. The van der Waals surface area contributed by atoms with E-state index in [2.05, 4.69) is 27.2 Å². The lowest BCUT2D eigenvalue weighted by Crippen LogP contribution is -2.07. The van der Waals surface area contributed by atoms with Crippen LogP contribution in [0.4, 0.5) is 11.8 Å². The van der Waals surface area contributed by atoms with Gasteiger partial charge in [-0.1, -0.05) is 13.3 Å². The fourth-order valence-corrected chi connectivity index (χ4v) is 1.49. The number of nitrogen functional groups attached to an aromatic ring is 1. The third-order valence-corrected chi connectivity index (χ3v) is 2.29. The Bertz CT molecular complexity index is 483. The van der Waals surface area contributed by atoms with Gasteiger partial charge in [-0.05, 0) is 18.6 Å². The molecule has 0 bridgehead atoms. The topological polar surface area (TPSA) is 76.7 Å². The summed E-state index contributed by atoms with van der Waals surface area (Å²) in [5, 5.41) is 3.24. The molecule has 16 heavy (non-hydrogen) atoms. The average molecular weight is 217 g/mol. The van der Waals surface area contributed by atoms with Gasteiger partial charge in [-0.15, -0.1) is 0 Å². The molecule has 2 aromatic rings. The van der Waals surface area contributed by atoms with Gasteiger partial charge in [0.2, 0.25) is 5.95 Å². The number of unbranched alkanes of at least 4 members (excludes halogenated alkanes) is 1. The first-order valence-corrected chi connectivity index (χ1v) is 5.43. The molecule has 5 nitrogen and oxygen atoms in total. The van der Waals surface area contributed by atoms with E-state index < -0.39 is 0 Å². The minimum atomic E-state index is 0.277. The molecule has 0 spiro atoms. The van der Waals surface area contributed by atoms with E-state index in [9.17, 15) is 0 Å². The highest BCUT2D eigenvalue weighted by Gasteiger charge is 2.05. The van der Waals surface area contributed by atoms with Crippen molar-refractivity contribution in [3.63, 3.8) is 0 Å². The number of nitrogens with zero attached hydrogens (tertiary/aromatic N) is 3. The molecule has 0 aromatic carbocycles. The second-order valence-electron chi connectivity index (χ2n) is 3.58. The zero-order valence-corrected chi connectivity index (χ0v) is 9.27. The van der Waals surface area contributed by atoms with Crippen molar-refractivity contribution in [3.05, 3.63) is 18.3 Å². The van der Waals surface area contributed by atoms with Gasteiger partial charge in [0.15, 0.2) is 5.82 Å². The maximum Gasteiger partial charge on any atom is 0.222 e. The maximum absolute atomic E-state index is 5.64. The van der Waals surface area contributed by atoms with E-state index in [1.807, 2.05) is 12.1 Å². The predicted molar refractivity (Wildman–Crippen MR) is 65.1 cm³/mol. The van der Waals surface area contributed by atoms with Crippen LogP contribution in [-0.2, 0) is 0 Å². The van der Waals surface area contributed by atoms with Crippen LogP contribution in [0.3, 0.4) is 0 Å². The summed E-state index contributed by atoms with van der Waals surface area (Å²) < 4.78 is 0. The highest BCUT2D eigenvalue weighted by molar-refractivity contribution is 5.85. The number of pyridine rings is 1. The molecule has 0 saturated heterocycles. The fourth-order valence-electron chi connectivity index (χ4n) is 1.49. The van der Waals surface area contributed by atoms with Gasteiger partial charge in [-0.25, -0.2) is 4.98 Å². The molecule has 0 unspecified atom stereocenters. The van der Waals surface area contributed by atoms with E-state index in [1.54, 1.807) is 6.20 Å². The van der Waals surface area contributed by atoms with Gasteiger partial charge in [0.25, 0.3) is 0 Å². The van der Waals surface area contributed by atoms with E-state index in [1.165, 1.54) is 0 Å². The normalized spacial score (nSPS) is 10.6. The minimum Gasteiger partial charge on any atom is -0.368 e. The van der Waals surface area contributed by atoms with Crippen LogP contribution in [0.25, 0.3) is 11.0 Å². The number of anilines is 2. The summed E-state index contributed by atoms with van der Waals surface area (Å²) in [5.41, 5.74) is 7.18. The summed E-state index contributed by atoms with van der Waals surface area (Å²) in [7, 11) is 0. The van der Waals surface area contributed by atoms with Crippen molar-refractivity contribution in [3.8, 4) is 0 Å². The van der Waals surface area contributed by atoms with Crippen molar-refractivity contribution < 1.29 is 0 Å². The number of nitrogens with one attached hydrogen (secondary N) is 1. The molecule has 84 valence electrons. The largest absolute Gasteiger partial charge is 0.368 e. The molecular weight excluding hydrogens is 202 g/mol. The van der Waals surface area contributed by atoms with E-state index in [-0.39, 0.29) is 5.95 Å². The highest BCUT2D eigenvalue weighted by atomic mass is 15.1. The SMILES string of the molecule is CCCCNc1nc(N)nc2cccnc12. The van der Waals surface area contributed by atoms with Crippen LogP contribution >= 0.6 is 0 Å². The van der Waals surface area contributed by atoms with Gasteiger partial charge in [0, 0.05) is 12.7 Å². The van der Waals surface area contributed by atoms with E-state index in [0.717, 1.165) is 36.2 Å².